The second-order valence-corrected chi connectivity index (χ2v) is 8.05. The van der Waals surface area contributed by atoms with Gasteiger partial charge in [-0.3, -0.25) is 9.78 Å². The van der Waals surface area contributed by atoms with E-state index in [-0.39, 0.29) is 17.4 Å². The number of rotatable bonds is 5. The Kier molecular flexibility index (Phi) is 4.78. The standard InChI is InChI=1S/C20H28N2O3/c1-15-9-17(11-21-10-15)19(23)22-7-5-18-20(13-22,6-2-8-25-18)14-24-12-16-3-4-16/h9-11,16,18H,2-8,12-14H2,1H3. The van der Waals surface area contributed by atoms with Crippen LogP contribution in [0.15, 0.2) is 18.5 Å². The van der Waals surface area contributed by atoms with Crippen LogP contribution in [0, 0.1) is 18.3 Å². The Hall–Kier alpha value is -1.46. The van der Waals surface area contributed by atoms with Gasteiger partial charge >= 0.3 is 0 Å². The fraction of sp³-hybridized carbons (Fsp3) is 0.700. The fourth-order valence-electron chi connectivity index (χ4n) is 4.24. The molecular formula is C20H28N2O3. The van der Waals surface area contributed by atoms with Crippen LogP contribution in [0.3, 0.4) is 0 Å². The van der Waals surface area contributed by atoms with Crippen molar-refractivity contribution >= 4 is 5.91 Å². The molecule has 0 N–H and O–H groups in total. The van der Waals surface area contributed by atoms with E-state index < -0.39 is 0 Å². The molecule has 1 saturated carbocycles. The average molecular weight is 344 g/mol. The Morgan fingerprint density at radius 2 is 2.28 bits per heavy atom. The molecule has 2 atom stereocenters. The predicted octanol–water partition coefficient (Wildman–Crippen LogP) is 2.83. The first-order chi connectivity index (χ1) is 12.2. The maximum absolute atomic E-state index is 13.0. The zero-order chi connectivity index (χ0) is 17.3. The van der Waals surface area contributed by atoms with Gasteiger partial charge in [-0.25, -0.2) is 0 Å². The summed E-state index contributed by atoms with van der Waals surface area (Å²) in [6.45, 7) is 5.87. The molecular weight excluding hydrogens is 316 g/mol. The van der Waals surface area contributed by atoms with Gasteiger partial charge in [-0.1, -0.05) is 0 Å². The highest BCUT2D eigenvalue weighted by Crippen LogP contribution is 2.41. The molecule has 2 unspecified atom stereocenters. The van der Waals surface area contributed by atoms with Crippen LogP contribution in [-0.2, 0) is 9.47 Å². The SMILES string of the molecule is Cc1cncc(C(=O)N2CCC3OCCCC3(COCC3CC3)C2)c1. The largest absolute Gasteiger partial charge is 0.380 e. The summed E-state index contributed by atoms with van der Waals surface area (Å²) < 4.78 is 12.2. The number of likely N-dealkylation sites (tertiary alicyclic amines) is 1. The van der Waals surface area contributed by atoms with Crippen LogP contribution in [0.1, 0.15) is 48.0 Å². The Morgan fingerprint density at radius 1 is 1.40 bits per heavy atom. The van der Waals surface area contributed by atoms with Crippen LogP contribution >= 0.6 is 0 Å². The third-order valence-electron chi connectivity index (χ3n) is 5.84. The van der Waals surface area contributed by atoms with Gasteiger partial charge in [-0.15, -0.1) is 0 Å². The van der Waals surface area contributed by atoms with Gasteiger partial charge in [0.15, 0.2) is 0 Å². The summed E-state index contributed by atoms with van der Waals surface area (Å²) >= 11 is 0. The third kappa shape index (κ3) is 3.72. The molecule has 4 rings (SSSR count). The number of aromatic nitrogens is 1. The third-order valence-corrected chi connectivity index (χ3v) is 5.84. The topological polar surface area (TPSA) is 51.7 Å². The number of pyridine rings is 1. The summed E-state index contributed by atoms with van der Waals surface area (Å²) in [6.07, 6.45) is 9.32. The molecule has 1 aromatic heterocycles. The molecule has 3 aliphatic rings. The van der Waals surface area contributed by atoms with Crippen molar-refractivity contribution in [2.75, 3.05) is 32.9 Å². The Bertz CT molecular complexity index is 631. The highest BCUT2D eigenvalue weighted by Gasteiger charge is 2.47. The van der Waals surface area contributed by atoms with Gasteiger partial charge < -0.3 is 14.4 Å². The summed E-state index contributed by atoms with van der Waals surface area (Å²) in [5.41, 5.74) is 1.66. The molecule has 3 heterocycles. The van der Waals surface area contributed by atoms with E-state index in [1.54, 1.807) is 12.4 Å². The van der Waals surface area contributed by atoms with Crippen LogP contribution in [0.25, 0.3) is 0 Å². The Morgan fingerprint density at radius 3 is 3.08 bits per heavy atom. The van der Waals surface area contributed by atoms with E-state index in [1.165, 1.54) is 12.8 Å². The number of aryl methyl sites for hydroxylation is 1. The van der Waals surface area contributed by atoms with Crippen molar-refractivity contribution in [3.8, 4) is 0 Å². The predicted molar refractivity (Wildman–Crippen MR) is 94.4 cm³/mol. The maximum atomic E-state index is 13.0. The van der Waals surface area contributed by atoms with E-state index in [2.05, 4.69) is 4.98 Å². The van der Waals surface area contributed by atoms with Crippen molar-refractivity contribution in [1.82, 2.24) is 9.88 Å². The zero-order valence-corrected chi connectivity index (χ0v) is 15.1. The molecule has 2 aliphatic heterocycles. The molecule has 5 heteroatoms. The summed E-state index contributed by atoms with van der Waals surface area (Å²) in [5.74, 6) is 0.848. The minimum Gasteiger partial charge on any atom is -0.380 e. The van der Waals surface area contributed by atoms with E-state index >= 15 is 0 Å². The minimum atomic E-state index is -0.0433. The van der Waals surface area contributed by atoms with E-state index in [4.69, 9.17) is 9.47 Å². The van der Waals surface area contributed by atoms with Crippen LogP contribution in [-0.4, -0.2) is 54.8 Å². The van der Waals surface area contributed by atoms with Gasteiger partial charge in [0.1, 0.15) is 0 Å². The van der Waals surface area contributed by atoms with Gasteiger partial charge in [0.05, 0.1) is 18.3 Å². The Labute approximate surface area is 149 Å². The molecule has 136 valence electrons. The van der Waals surface area contributed by atoms with Gasteiger partial charge in [-0.2, -0.15) is 0 Å². The quantitative estimate of drug-likeness (QED) is 0.824. The van der Waals surface area contributed by atoms with Crippen LogP contribution in [0.5, 0.6) is 0 Å². The summed E-state index contributed by atoms with van der Waals surface area (Å²) in [5, 5.41) is 0. The van der Waals surface area contributed by atoms with Crippen LogP contribution < -0.4 is 0 Å². The van der Waals surface area contributed by atoms with Gasteiger partial charge in [-0.05, 0) is 56.6 Å². The van der Waals surface area contributed by atoms with Crippen molar-refractivity contribution in [2.45, 2.75) is 45.1 Å². The molecule has 25 heavy (non-hydrogen) atoms. The first-order valence-electron chi connectivity index (χ1n) is 9.57. The van der Waals surface area contributed by atoms with Crippen molar-refractivity contribution in [3.05, 3.63) is 29.6 Å². The lowest BCUT2D eigenvalue weighted by Crippen LogP contribution is -2.58. The normalized spacial score (nSPS) is 29.3. The lowest BCUT2D eigenvalue weighted by molar-refractivity contribution is -0.147. The highest BCUT2D eigenvalue weighted by atomic mass is 16.5. The zero-order valence-electron chi connectivity index (χ0n) is 15.1. The maximum Gasteiger partial charge on any atom is 0.255 e. The molecule has 1 aliphatic carbocycles. The second-order valence-electron chi connectivity index (χ2n) is 8.05. The fourth-order valence-corrected chi connectivity index (χ4v) is 4.24. The minimum absolute atomic E-state index is 0.0433. The summed E-state index contributed by atoms with van der Waals surface area (Å²) in [4.78, 5) is 19.1. The van der Waals surface area contributed by atoms with E-state index in [9.17, 15) is 4.79 Å². The number of carbonyl (C=O) groups excluding carboxylic acids is 1. The van der Waals surface area contributed by atoms with Crippen LogP contribution in [0.2, 0.25) is 0 Å². The first kappa shape index (κ1) is 17.0. The summed E-state index contributed by atoms with van der Waals surface area (Å²) in [6, 6.07) is 1.93. The number of piperidine rings is 1. The number of ether oxygens (including phenoxy) is 2. The molecule has 1 aromatic rings. The van der Waals surface area contributed by atoms with Crippen molar-refractivity contribution in [3.63, 3.8) is 0 Å². The molecule has 3 fully saturated rings. The smallest absolute Gasteiger partial charge is 0.255 e. The van der Waals surface area contributed by atoms with E-state index in [0.29, 0.717) is 12.2 Å². The monoisotopic (exact) mass is 344 g/mol. The molecule has 0 aromatic carbocycles. The molecule has 1 amide bonds. The van der Waals surface area contributed by atoms with Gasteiger partial charge in [0.2, 0.25) is 0 Å². The molecule has 0 radical (unpaired) electrons. The Balaban J connectivity index is 1.47. The number of hydrogen-bond donors (Lipinski definition) is 0. The van der Waals surface area contributed by atoms with Gasteiger partial charge in [0.25, 0.3) is 5.91 Å². The number of amides is 1. The average Bonchev–Trinajstić information content (AvgIpc) is 3.45. The lowest BCUT2D eigenvalue weighted by atomic mass is 9.73. The molecule has 0 spiro atoms. The first-order valence-corrected chi connectivity index (χ1v) is 9.57. The lowest BCUT2D eigenvalue weighted by Gasteiger charge is -2.50. The second kappa shape index (κ2) is 7.04. The van der Waals surface area contributed by atoms with E-state index in [0.717, 1.165) is 57.0 Å². The van der Waals surface area contributed by atoms with Gasteiger partial charge in [0, 0.05) is 44.1 Å². The van der Waals surface area contributed by atoms with Crippen molar-refractivity contribution in [2.24, 2.45) is 11.3 Å². The van der Waals surface area contributed by atoms with Crippen molar-refractivity contribution < 1.29 is 14.3 Å². The summed E-state index contributed by atoms with van der Waals surface area (Å²) in [7, 11) is 0. The number of nitrogens with zero attached hydrogens (tertiary/aromatic N) is 2. The molecule has 5 nitrogen and oxygen atoms in total. The number of hydrogen-bond acceptors (Lipinski definition) is 4. The number of fused-ring (bicyclic) bond motifs is 1. The molecule has 0 bridgehead atoms. The van der Waals surface area contributed by atoms with E-state index in [1.807, 2.05) is 17.9 Å². The van der Waals surface area contributed by atoms with Crippen molar-refractivity contribution in [1.29, 1.82) is 0 Å². The number of carbonyl (C=O) groups is 1. The van der Waals surface area contributed by atoms with Crippen LogP contribution in [0.4, 0.5) is 0 Å². The molecule has 2 saturated heterocycles. The highest BCUT2D eigenvalue weighted by molar-refractivity contribution is 5.94.